The Kier molecular flexibility index (Phi) is 4.99. The third kappa shape index (κ3) is 3.96. The third-order valence-corrected chi connectivity index (χ3v) is 4.61. The van der Waals surface area contributed by atoms with E-state index in [1.165, 1.54) is 18.2 Å². The summed E-state index contributed by atoms with van der Waals surface area (Å²) >= 11 is 0. The van der Waals surface area contributed by atoms with Crippen molar-refractivity contribution in [1.82, 2.24) is 9.88 Å². The smallest absolute Gasteiger partial charge is 0.348 e. The van der Waals surface area contributed by atoms with Crippen LogP contribution in [0.5, 0.6) is 5.75 Å². The Morgan fingerprint density at radius 2 is 2.08 bits per heavy atom. The molecule has 0 unspecified atom stereocenters. The molecule has 0 amide bonds. The standard InChI is InChI=1S/C19H21FN2O3/c1-14-12-15(20)5-6-17(14)25-19(18(23)24)7-10-22(11-8-19)13-16-4-2-3-9-21-16/h2-6,9,12H,7-8,10-11,13H2,1H3,(H,23,24). The van der Waals surface area contributed by atoms with Crippen molar-refractivity contribution in [1.29, 1.82) is 0 Å². The molecule has 3 rings (SSSR count). The lowest BCUT2D eigenvalue weighted by Gasteiger charge is -2.39. The highest BCUT2D eigenvalue weighted by molar-refractivity contribution is 5.78. The van der Waals surface area contributed by atoms with E-state index in [1.807, 2.05) is 18.2 Å². The Morgan fingerprint density at radius 3 is 2.68 bits per heavy atom. The van der Waals surface area contributed by atoms with Crippen LogP contribution < -0.4 is 4.74 Å². The molecule has 132 valence electrons. The maximum atomic E-state index is 13.3. The number of piperidine rings is 1. The first-order valence-corrected chi connectivity index (χ1v) is 8.29. The predicted octanol–water partition coefficient (Wildman–Crippen LogP) is 3.03. The van der Waals surface area contributed by atoms with Crippen LogP contribution in [0.15, 0.2) is 42.6 Å². The van der Waals surface area contributed by atoms with Crippen molar-refractivity contribution in [3.63, 3.8) is 0 Å². The van der Waals surface area contributed by atoms with Gasteiger partial charge < -0.3 is 9.84 Å². The summed E-state index contributed by atoms with van der Waals surface area (Å²) in [7, 11) is 0. The van der Waals surface area contributed by atoms with Crippen molar-refractivity contribution in [2.75, 3.05) is 13.1 Å². The molecule has 25 heavy (non-hydrogen) atoms. The van der Waals surface area contributed by atoms with E-state index in [4.69, 9.17) is 4.74 Å². The maximum absolute atomic E-state index is 13.3. The van der Waals surface area contributed by atoms with Gasteiger partial charge in [-0.2, -0.15) is 0 Å². The van der Waals surface area contributed by atoms with E-state index in [2.05, 4.69) is 9.88 Å². The summed E-state index contributed by atoms with van der Waals surface area (Å²) in [4.78, 5) is 18.4. The first-order valence-electron chi connectivity index (χ1n) is 8.29. The number of aliphatic carboxylic acids is 1. The van der Waals surface area contributed by atoms with Crippen molar-refractivity contribution in [3.05, 3.63) is 59.7 Å². The molecule has 1 saturated heterocycles. The zero-order chi connectivity index (χ0) is 17.9. The first-order chi connectivity index (χ1) is 12.0. The topological polar surface area (TPSA) is 62.7 Å². The number of carbonyl (C=O) groups is 1. The minimum Gasteiger partial charge on any atom is -0.478 e. The molecule has 1 aliphatic heterocycles. The average molecular weight is 344 g/mol. The minimum absolute atomic E-state index is 0.362. The van der Waals surface area contributed by atoms with E-state index in [1.54, 1.807) is 13.1 Å². The van der Waals surface area contributed by atoms with E-state index in [0.29, 0.717) is 43.8 Å². The molecule has 2 aromatic rings. The molecule has 0 radical (unpaired) electrons. The highest BCUT2D eigenvalue weighted by Crippen LogP contribution is 2.31. The largest absolute Gasteiger partial charge is 0.478 e. The van der Waals surface area contributed by atoms with Gasteiger partial charge in [-0.3, -0.25) is 9.88 Å². The number of halogens is 1. The highest BCUT2D eigenvalue weighted by atomic mass is 19.1. The van der Waals surface area contributed by atoms with Crippen molar-refractivity contribution >= 4 is 5.97 Å². The normalized spacial score (nSPS) is 17.2. The van der Waals surface area contributed by atoms with Crippen molar-refractivity contribution in [2.24, 2.45) is 0 Å². The molecular weight excluding hydrogens is 323 g/mol. The molecule has 6 heteroatoms. The van der Waals surface area contributed by atoms with Crippen LogP contribution in [0.25, 0.3) is 0 Å². The lowest BCUT2D eigenvalue weighted by atomic mass is 9.90. The zero-order valence-electron chi connectivity index (χ0n) is 14.1. The van der Waals surface area contributed by atoms with Crippen LogP contribution in [0.3, 0.4) is 0 Å². The Hall–Kier alpha value is -2.47. The quantitative estimate of drug-likeness (QED) is 0.903. The maximum Gasteiger partial charge on any atom is 0.348 e. The number of hydrogen-bond acceptors (Lipinski definition) is 4. The lowest BCUT2D eigenvalue weighted by molar-refractivity contribution is -0.160. The number of aromatic nitrogens is 1. The van der Waals surface area contributed by atoms with Gasteiger partial charge in [0.2, 0.25) is 5.60 Å². The fourth-order valence-corrected chi connectivity index (χ4v) is 3.09. The van der Waals surface area contributed by atoms with E-state index in [-0.39, 0.29) is 5.82 Å². The van der Waals surface area contributed by atoms with Crippen LogP contribution in [0.1, 0.15) is 24.1 Å². The third-order valence-electron chi connectivity index (χ3n) is 4.61. The molecular formula is C19H21FN2O3. The molecule has 1 aromatic heterocycles. The SMILES string of the molecule is Cc1cc(F)ccc1OC1(C(=O)O)CCN(Cc2ccccn2)CC1. The number of carboxylic acid groups (broad SMARTS) is 1. The van der Waals surface area contributed by atoms with Crippen LogP contribution in [-0.2, 0) is 11.3 Å². The summed E-state index contributed by atoms with van der Waals surface area (Å²) in [6.07, 6.45) is 2.49. The number of likely N-dealkylation sites (tertiary alicyclic amines) is 1. The molecule has 5 nitrogen and oxygen atoms in total. The summed E-state index contributed by atoms with van der Waals surface area (Å²) in [5.74, 6) is -0.921. The first kappa shape index (κ1) is 17.4. The van der Waals surface area contributed by atoms with Crippen LogP contribution in [-0.4, -0.2) is 39.7 Å². The number of carboxylic acids is 1. The molecule has 2 heterocycles. The van der Waals surface area contributed by atoms with Crippen LogP contribution >= 0.6 is 0 Å². The molecule has 1 fully saturated rings. The Morgan fingerprint density at radius 1 is 1.32 bits per heavy atom. The molecule has 0 atom stereocenters. The molecule has 0 saturated carbocycles. The van der Waals surface area contributed by atoms with Crippen LogP contribution in [0, 0.1) is 12.7 Å². The van der Waals surface area contributed by atoms with E-state index < -0.39 is 11.6 Å². The van der Waals surface area contributed by atoms with Crippen molar-refractivity contribution in [3.8, 4) is 5.75 Å². The molecule has 1 aromatic carbocycles. The van der Waals surface area contributed by atoms with Crippen molar-refractivity contribution in [2.45, 2.75) is 31.9 Å². The van der Waals surface area contributed by atoms with Gasteiger partial charge in [0, 0.05) is 38.7 Å². The van der Waals surface area contributed by atoms with Gasteiger partial charge >= 0.3 is 5.97 Å². The van der Waals surface area contributed by atoms with Gasteiger partial charge in [0.1, 0.15) is 11.6 Å². The molecule has 1 N–H and O–H groups in total. The zero-order valence-corrected chi connectivity index (χ0v) is 14.1. The average Bonchev–Trinajstić information content (AvgIpc) is 2.60. The van der Waals surface area contributed by atoms with Gasteiger partial charge in [-0.1, -0.05) is 6.07 Å². The summed E-state index contributed by atoms with van der Waals surface area (Å²) in [5, 5.41) is 9.74. The number of benzene rings is 1. The second kappa shape index (κ2) is 7.19. The molecule has 0 aliphatic carbocycles. The Balaban J connectivity index is 1.69. The molecule has 0 bridgehead atoms. The predicted molar refractivity (Wildman–Crippen MR) is 90.9 cm³/mol. The summed E-state index contributed by atoms with van der Waals surface area (Å²) in [5.41, 5.74) is 0.278. The van der Waals surface area contributed by atoms with Crippen LogP contribution in [0.2, 0.25) is 0 Å². The van der Waals surface area contributed by atoms with Gasteiger partial charge in [-0.05, 0) is 42.8 Å². The Bertz CT molecular complexity index is 744. The number of nitrogens with zero attached hydrogens (tertiary/aromatic N) is 2. The second-order valence-corrected chi connectivity index (χ2v) is 6.41. The number of aryl methyl sites for hydroxylation is 1. The molecule has 0 spiro atoms. The van der Waals surface area contributed by atoms with E-state index >= 15 is 0 Å². The second-order valence-electron chi connectivity index (χ2n) is 6.41. The number of hydrogen-bond donors (Lipinski definition) is 1. The number of pyridine rings is 1. The Labute approximate surface area is 146 Å². The van der Waals surface area contributed by atoms with E-state index in [0.717, 1.165) is 5.69 Å². The van der Waals surface area contributed by atoms with E-state index in [9.17, 15) is 14.3 Å². The summed E-state index contributed by atoms with van der Waals surface area (Å²) < 4.78 is 19.1. The fourth-order valence-electron chi connectivity index (χ4n) is 3.09. The summed E-state index contributed by atoms with van der Waals surface area (Å²) in [6.45, 7) is 3.60. The van der Waals surface area contributed by atoms with Crippen molar-refractivity contribution < 1.29 is 19.0 Å². The van der Waals surface area contributed by atoms with Gasteiger partial charge in [0.25, 0.3) is 0 Å². The number of ether oxygens (including phenoxy) is 1. The lowest BCUT2D eigenvalue weighted by Crippen LogP contribution is -2.53. The van der Waals surface area contributed by atoms with Gasteiger partial charge in [0.15, 0.2) is 0 Å². The van der Waals surface area contributed by atoms with Gasteiger partial charge in [0.05, 0.1) is 5.69 Å². The minimum atomic E-state index is -1.27. The summed E-state index contributed by atoms with van der Waals surface area (Å²) in [6, 6.07) is 9.89. The fraction of sp³-hybridized carbons (Fsp3) is 0.368. The number of rotatable bonds is 5. The van der Waals surface area contributed by atoms with Gasteiger partial charge in [-0.15, -0.1) is 0 Å². The van der Waals surface area contributed by atoms with Gasteiger partial charge in [-0.25, -0.2) is 9.18 Å². The van der Waals surface area contributed by atoms with Crippen LogP contribution in [0.4, 0.5) is 4.39 Å². The monoisotopic (exact) mass is 344 g/mol. The highest BCUT2D eigenvalue weighted by Gasteiger charge is 2.44. The molecule has 1 aliphatic rings.